The number of hydrogen-bond acceptors (Lipinski definition) is 5. The number of carbonyl (C=O) groups is 2. The first kappa shape index (κ1) is 28.9. The zero-order chi connectivity index (χ0) is 29.1. The van der Waals surface area contributed by atoms with Crippen molar-refractivity contribution >= 4 is 22.7 Å². The Morgan fingerprint density at radius 3 is 2.44 bits per heavy atom. The smallest absolute Gasteiger partial charge is 0.227 e. The second-order valence-electron chi connectivity index (χ2n) is 12.6. The van der Waals surface area contributed by atoms with Crippen molar-refractivity contribution in [3.8, 4) is 22.8 Å². The highest BCUT2D eigenvalue weighted by molar-refractivity contribution is 5.89. The van der Waals surface area contributed by atoms with Crippen molar-refractivity contribution in [2.75, 3.05) is 26.7 Å². The largest absolute Gasteiger partial charge is 0.497 e. The lowest BCUT2D eigenvalue weighted by Crippen LogP contribution is -2.46. The molecule has 2 fully saturated rings. The number of amides is 2. The lowest BCUT2D eigenvalue weighted by Gasteiger charge is -2.36. The van der Waals surface area contributed by atoms with Gasteiger partial charge in [0.1, 0.15) is 17.6 Å². The zero-order valence-corrected chi connectivity index (χ0v) is 25.1. The third-order valence-corrected chi connectivity index (χ3v) is 8.59. The number of benzene rings is 2. The molecule has 5 rings (SSSR count). The average Bonchev–Trinajstić information content (AvgIpc) is 3.34. The van der Waals surface area contributed by atoms with E-state index in [-0.39, 0.29) is 41.7 Å². The molecule has 0 unspecified atom stereocenters. The van der Waals surface area contributed by atoms with E-state index >= 15 is 0 Å². The van der Waals surface area contributed by atoms with Crippen LogP contribution in [0.5, 0.6) is 11.5 Å². The fourth-order valence-electron chi connectivity index (χ4n) is 6.12. The van der Waals surface area contributed by atoms with Gasteiger partial charge in [-0.15, -0.1) is 0 Å². The van der Waals surface area contributed by atoms with Crippen LogP contribution in [0.2, 0.25) is 0 Å². The number of fused-ring (bicyclic) bond motifs is 1. The maximum absolute atomic E-state index is 14.0. The van der Waals surface area contributed by atoms with Gasteiger partial charge in [-0.2, -0.15) is 0 Å². The molecule has 0 saturated carbocycles. The lowest BCUT2D eigenvalue weighted by molar-refractivity contribution is -0.146. The Bertz CT molecular complexity index is 1380. The molecule has 3 heterocycles. The summed E-state index contributed by atoms with van der Waals surface area (Å²) < 4.78 is 12.1. The van der Waals surface area contributed by atoms with Crippen molar-refractivity contribution in [3.63, 3.8) is 0 Å². The maximum Gasteiger partial charge on any atom is 0.227 e. The van der Waals surface area contributed by atoms with Gasteiger partial charge in [0, 0.05) is 55.1 Å². The number of nitrogens with zero attached hydrogens (tertiary/aromatic N) is 3. The van der Waals surface area contributed by atoms with Crippen LogP contribution in [-0.2, 0) is 9.59 Å². The van der Waals surface area contributed by atoms with Crippen molar-refractivity contribution < 1.29 is 19.1 Å². The molecular weight excluding hydrogens is 514 g/mol. The molecule has 0 spiro atoms. The molecule has 1 aromatic heterocycles. The Morgan fingerprint density at radius 2 is 1.76 bits per heavy atom. The molecule has 2 aliphatic heterocycles. The van der Waals surface area contributed by atoms with E-state index in [4.69, 9.17) is 14.5 Å². The third kappa shape index (κ3) is 6.50. The Kier molecular flexibility index (Phi) is 8.52. The minimum atomic E-state index is -0.378. The summed E-state index contributed by atoms with van der Waals surface area (Å²) in [4.78, 5) is 36.0. The van der Waals surface area contributed by atoms with Crippen LogP contribution in [0.1, 0.15) is 59.8 Å². The first-order chi connectivity index (χ1) is 19.6. The van der Waals surface area contributed by atoms with E-state index in [9.17, 15) is 9.59 Å². The van der Waals surface area contributed by atoms with Gasteiger partial charge in [-0.1, -0.05) is 51.1 Å². The first-order valence-corrected chi connectivity index (χ1v) is 14.9. The van der Waals surface area contributed by atoms with Crippen LogP contribution < -0.4 is 9.47 Å². The van der Waals surface area contributed by atoms with Crippen LogP contribution in [0.15, 0.2) is 54.6 Å². The monoisotopic (exact) mass is 557 g/mol. The van der Waals surface area contributed by atoms with Crippen LogP contribution in [0.4, 0.5) is 0 Å². The van der Waals surface area contributed by atoms with Gasteiger partial charge in [-0.25, -0.2) is 4.98 Å². The summed E-state index contributed by atoms with van der Waals surface area (Å²) in [6, 6.07) is 17.9. The van der Waals surface area contributed by atoms with Gasteiger partial charge in [-0.05, 0) is 43.7 Å². The number of carbonyl (C=O) groups excluding carboxylic acids is 2. The van der Waals surface area contributed by atoms with Gasteiger partial charge >= 0.3 is 0 Å². The number of piperidine rings is 1. The maximum atomic E-state index is 14.0. The molecule has 2 amide bonds. The Balaban J connectivity index is 1.37. The van der Waals surface area contributed by atoms with Gasteiger partial charge in [0.05, 0.1) is 30.8 Å². The molecule has 2 aliphatic rings. The number of ether oxygens (including phenoxy) is 2. The minimum Gasteiger partial charge on any atom is -0.497 e. The highest BCUT2D eigenvalue weighted by Crippen LogP contribution is 2.37. The summed E-state index contributed by atoms with van der Waals surface area (Å²) >= 11 is 0. The fraction of sp³-hybridized carbons (Fsp3) is 0.500. The van der Waals surface area contributed by atoms with Crippen molar-refractivity contribution in [1.29, 1.82) is 0 Å². The molecule has 2 aromatic carbocycles. The van der Waals surface area contributed by atoms with Crippen molar-refractivity contribution in [3.05, 3.63) is 54.6 Å². The first-order valence-electron chi connectivity index (χ1n) is 14.9. The summed E-state index contributed by atoms with van der Waals surface area (Å²) in [7, 11) is 1.65. The summed E-state index contributed by atoms with van der Waals surface area (Å²) in [5.41, 5.74) is 2.30. The second kappa shape index (κ2) is 12.1. The van der Waals surface area contributed by atoms with Crippen LogP contribution in [0, 0.1) is 11.3 Å². The number of methoxy groups -OCH3 is 1. The fourth-order valence-corrected chi connectivity index (χ4v) is 6.12. The number of likely N-dealkylation sites (tertiary alicyclic amines) is 2. The molecule has 2 saturated heterocycles. The topological polar surface area (TPSA) is 72.0 Å². The van der Waals surface area contributed by atoms with E-state index in [0.717, 1.165) is 66.0 Å². The summed E-state index contributed by atoms with van der Waals surface area (Å²) in [6.45, 7) is 10.4. The molecule has 0 radical (unpaired) electrons. The van der Waals surface area contributed by atoms with Gasteiger partial charge in [-0.3, -0.25) is 9.59 Å². The van der Waals surface area contributed by atoms with Gasteiger partial charge in [0.2, 0.25) is 11.8 Å². The summed E-state index contributed by atoms with van der Waals surface area (Å²) in [5.74, 6) is 1.26. The molecule has 0 bridgehead atoms. The minimum absolute atomic E-state index is 0.0178. The zero-order valence-electron chi connectivity index (χ0n) is 25.1. The van der Waals surface area contributed by atoms with E-state index in [1.165, 1.54) is 6.42 Å². The molecule has 7 heteroatoms. The Hall–Kier alpha value is -3.61. The predicted octanol–water partition coefficient (Wildman–Crippen LogP) is 6.34. The van der Waals surface area contributed by atoms with E-state index in [1.54, 1.807) is 7.11 Å². The predicted molar refractivity (Wildman–Crippen MR) is 162 cm³/mol. The summed E-state index contributed by atoms with van der Waals surface area (Å²) in [6.07, 6.45) is 4.08. The molecule has 3 aromatic rings. The molecule has 218 valence electrons. The number of aromatic nitrogens is 1. The highest BCUT2D eigenvalue weighted by Gasteiger charge is 2.42. The molecular formula is C34H43N3O4. The average molecular weight is 558 g/mol. The normalized spacial score (nSPS) is 20.2. The molecule has 0 aliphatic carbocycles. The Morgan fingerprint density at radius 1 is 1.02 bits per heavy atom. The molecule has 3 atom stereocenters. The van der Waals surface area contributed by atoms with Crippen LogP contribution >= 0.6 is 0 Å². The standard InChI is InChI=1S/C34H43N3O4/c1-23-18-26(22-37(23)33(39)28(34(2,3)4)20-32(38)36-16-10-7-11-17-36)41-31-21-29(24-12-8-6-9-13-24)35-30-19-25(40-5)14-15-27(30)31/h6,8-9,12-15,19,21,23,26,28H,7,10-11,16-18,20,22H2,1-5H3/t23-,26-,28-/m1/s1. The summed E-state index contributed by atoms with van der Waals surface area (Å²) in [5, 5.41) is 0.905. The number of rotatable bonds is 7. The van der Waals surface area contributed by atoms with Gasteiger partial charge < -0.3 is 19.3 Å². The van der Waals surface area contributed by atoms with Crippen molar-refractivity contribution in [2.45, 2.75) is 71.9 Å². The van der Waals surface area contributed by atoms with Crippen LogP contribution in [0.25, 0.3) is 22.2 Å². The lowest BCUT2D eigenvalue weighted by atomic mass is 9.77. The van der Waals surface area contributed by atoms with Gasteiger partial charge in [0.15, 0.2) is 0 Å². The van der Waals surface area contributed by atoms with E-state index < -0.39 is 0 Å². The van der Waals surface area contributed by atoms with Gasteiger partial charge in [0.25, 0.3) is 0 Å². The van der Waals surface area contributed by atoms with E-state index in [0.29, 0.717) is 6.54 Å². The van der Waals surface area contributed by atoms with Crippen molar-refractivity contribution in [1.82, 2.24) is 14.8 Å². The number of hydrogen-bond donors (Lipinski definition) is 0. The van der Waals surface area contributed by atoms with Crippen LogP contribution in [-0.4, -0.2) is 65.5 Å². The quantitative estimate of drug-likeness (QED) is 0.339. The molecule has 41 heavy (non-hydrogen) atoms. The molecule has 7 nitrogen and oxygen atoms in total. The van der Waals surface area contributed by atoms with E-state index in [2.05, 4.69) is 27.7 Å². The van der Waals surface area contributed by atoms with E-state index in [1.807, 2.05) is 64.4 Å². The molecule has 0 N–H and O–H groups in total. The SMILES string of the molecule is COc1ccc2c(O[C@@H]3C[C@@H](C)N(C(=O)[C@@H](CC(=O)N4CCCCC4)C(C)(C)C)C3)cc(-c3ccccc3)nc2c1. The third-order valence-electron chi connectivity index (χ3n) is 8.59. The number of pyridine rings is 1. The Labute approximate surface area is 243 Å². The second-order valence-corrected chi connectivity index (χ2v) is 12.6. The highest BCUT2D eigenvalue weighted by atomic mass is 16.5. The van der Waals surface area contributed by atoms with Crippen molar-refractivity contribution in [2.24, 2.45) is 11.3 Å². The van der Waals surface area contributed by atoms with Crippen LogP contribution in [0.3, 0.4) is 0 Å².